The largest absolute Gasteiger partial charge is 0.490 e. The van der Waals surface area contributed by atoms with Gasteiger partial charge < -0.3 is 10.1 Å². The molecule has 1 N–H and O–H groups in total. The first-order valence-corrected chi connectivity index (χ1v) is 7.56. The molecule has 0 aromatic carbocycles. The summed E-state index contributed by atoms with van der Waals surface area (Å²) < 4.78 is 5.76. The molecule has 1 heterocycles. The van der Waals surface area contributed by atoms with Crippen molar-refractivity contribution in [3.05, 3.63) is 18.3 Å². The van der Waals surface area contributed by atoms with Gasteiger partial charge in [0.25, 0.3) is 0 Å². The number of pyridine rings is 1. The summed E-state index contributed by atoms with van der Waals surface area (Å²) >= 11 is 0. The Kier molecular flexibility index (Phi) is 5.06. The van der Waals surface area contributed by atoms with Crippen molar-refractivity contribution < 1.29 is 4.74 Å². The van der Waals surface area contributed by atoms with Gasteiger partial charge in [0, 0.05) is 12.2 Å². The molecular weight excluding hydrogens is 236 g/mol. The Morgan fingerprint density at radius 2 is 2.21 bits per heavy atom. The third-order valence-corrected chi connectivity index (χ3v) is 4.26. The minimum Gasteiger partial charge on any atom is -0.490 e. The fourth-order valence-corrected chi connectivity index (χ4v) is 2.79. The Morgan fingerprint density at radius 1 is 1.37 bits per heavy atom. The van der Waals surface area contributed by atoms with Crippen LogP contribution in [0.1, 0.15) is 46.5 Å². The molecule has 1 aromatic heterocycles. The first kappa shape index (κ1) is 14.2. The van der Waals surface area contributed by atoms with Crippen LogP contribution < -0.4 is 10.1 Å². The molecule has 19 heavy (non-hydrogen) atoms. The molecule has 1 aliphatic carbocycles. The number of nitrogens with zero attached hydrogens (tertiary/aromatic N) is 1. The number of ether oxygens (including phenoxy) is 1. The van der Waals surface area contributed by atoms with Gasteiger partial charge in [0.05, 0.1) is 6.61 Å². The van der Waals surface area contributed by atoms with Crippen molar-refractivity contribution in [1.82, 2.24) is 4.98 Å². The van der Waals surface area contributed by atoms with E-state index in [2.05, 4.69) is 31.1 Å². The van der Waals surface area contributed by atoms with Crippen LogP contribution in [0.15, 0.2) is 18.3 Å². The van der Waals surface area contributed by atoms with E-state index in [0.717, 1.165) is 30.5 Å². The number of aromatic nitrogens is 1. The zero-order valence-corrected chi connectivity index (χ0v) is 12.4. The third kappa shape index (κ3) is 3.62. The summed E-state index contributed by atoms with van der Waals surface area (Å²) in [6.45, 7) is 7.56. The van der Waals surface area contributed by atoms with E-state index in [4.69, 9.17) is 4.74 Å². The molecule has 0 bridgehead atoms. The monoisotopic (exact) mass is 262 g/mol. The van der Waals surface area contributed by atoms with E-state index in [-0.39, 0.29) is 0 Å². The Morgan fingerprint density at radius 3 is 3.00 bits per heavy atom. The Hall–Kier alpha value is -1.25. The van der Waals surface area contributed by atoms with Crippen LogP contribution in [0, 0.1) is 11.8 Å². The minimum absolute atomic E-state index is 0.516. The van der Waals surface area contributed by atoms with Crippen LogP contribution in [0.2, 0.25) is 0 Å². The van der Waals surface area contributed by atoms with Crippen molar-refractivity contribution in [2.45, 2.75) is 52.5 Å². The van der Waals surface area contributed by atoms with Crippen LogP contribution in [0.25, 0.3) is 0 Å². The number of anilines is 1. The van der Waals surface area contributed by atoms with E-state index in [0.29, 0.717) is 12.0 Å². The van der Waals surface area contributed by atoms with Crippen molar-refractivity contribution in [3.8, 4) is 5.75 Å². The van der Waals surface area contributed by atoms with Crippen molar-refractivity contribution in [2.24, 2.45) is 11.8 Å². The van der Waals surface area contributed by atoms with E-state index in [1.54, 1.807) is 0 Å². The van der Waals surface area contributed by atoms with Gasteiger partial charge in [-0.3, -0.25) is 0 Å². The van der Waals surface area contributed by atoms with Crippen molar-refractivity contribution in [1.29, 1.82) is 0 Å². The average Bonchev–Trinajstić information content (AvgIpc) is 2.43. The molecule has 3 heteroatoms. The second-order valence-electron chi connectivity index (χ2n) is 5.72. The molecule has 0 saturated heterocycles. The lowest BCUT2D eigenvalue weighted by molar-refractivity contribution is 0.251. The van der Waals surface area contributed by atoms with Crippen molar-refractivity contribution in [2.75, 3.05) is 11.9 Å². The van der Waals surface area contributed by atoms with Crippen LogP contribution in [0.5, 0.6) is 5.75 Å². The molecule has 3 unspecified atom stereocenters. The Bertz CT molecular complexity index is 394. The third-order valence-electron chi connectivity index (χ3n) is 4.26. The summed E-state index contributed by atoms with van der Waals surface area (Å²) in [5.41, 5.74) is 0. The van der Waals surface area contributed by atoms with Crippen LogP contribution in [0.3, 0.4) is 0 Å². The Balaban J connectivity index is 2.05. The molecule has 0 radical (unpaired) electrons. The second-order valence-corrected chi connectivity index (χ2v) is 5.72. The van der Waals surface area contributed by atoms with Crippen LogP contribution in [-0.2, 0) is 0 Å². The first-order valence-electron chi connectivity index (χ1n) is 7.56. The summed E-state index contributed by atoms with van der Waals surface area (Å²) in [7, 11) is 0. The van der Waals surface area contributed by atoms with E-state index in [1.807, 2.05) is 18.3 Å². The average molecular weight is 262 g/mol. The maximum absolute atomic E-state index is 5.76. The van der Waals surface area contributed by atoms with Gasteiger partial charge in [0.15, 0.2) is 11.6 Å². The second kappa shape index (κ2) is 6.78. The van der Waals surface area contributed by atoms with Crippen LogP contribution in [-0.4, -0.2) is 17.6 Å². The van der Waals surface area contributed by atoms with Crippen molar-refractivity contribution in [3.63, 3.8) is 0 Å². The lowest BCUT2D eigenvalue weighted by Crippen LogP contribution is -2.35. The predicted octanol–water partition coefficient (Wildman–Crippen LogP) is 4.11. The normalized spacial score (nSPS) is 27.0. The lowest BCUT2D eigenvalue weighted by atomic mass is 9.78. The number of hydrogen-bond acceptors (Lipinski definition) is 3. The summed E-state index contributed by atoms with van der Waals surface area (Å²) in [6, 6.07) is 4.45. The van der Waals surface area contributed by atoms with Gasteiger partial charge in [0.1, 0.15) is 0 Å². The molecule has 0 amide bonds. The van der Waals surface area contributed by atoms with E-state index >= 15 is 0 Å². The molecular formula is C16H26N2O. The molecule has 1 aromatic rings. The fraction of sp³-hybridized carbons (Fsp3) is 0.688. The molecule has 3 atom stereocenters. The zero-order chi connectivity index (χ0) is 13.7. The number of hydrogen-bond donors (Lipinski definition) is 1. The topological polar surface area (TPSA) is 34.1 Å². The quantitative estimate of drug-likeness (QED) is 0.867. The molecule has 0 aliphatic heterocycles. The summed E-state index contributed by atoms with van der Waals surface area (Å²) in [4.78, 5) is 4.45. The predicted molar refractivity (Wildman–Crippen MR) is 79.6 cm³/mol. The SMILES string of the molecule is CCCOc1cccnc1NC1CCCC(C)C1C. The molecule has 1 fully saturated rings. The molecule has 2 rings (SSSR count). The van der Waals surface area contributed by atoms with E-state index < -0.39 is 0 Å². The number of nitrogens with one attached hydrogen (secondary N) is 1. The highest BCUT2D eigenvalue weighted by atomic mass is 16.5. The summed E-state index contributed by atoms with van der Waals surface area (Å²) in [5, 5.41) is 3.60. The molecule has 1 aliphatic rings. The standard InChI is InChI=1S/C16H26N2O/c1-4-11-19-15-9-6-10-17-16(15)18-14-8-5-7-12(2)13(14)3/h6,9-10,12-14H,4-5,7-8,11H2,1-3H3,(H,17,18). The molecule has 0 spiro atoms. The highest BCUT2D eigenvalue weighted by Gasteiger charge is 2.27. The van der Waals surface area contributed by atoms with Gasteiger partial charge in [0.2, 0.25) is 0 Å². The van der Waals surface area contributed by atoms with Crippen LogP contribution in [0.4, 0.5) is 5.82 Å². The highest BCUT2D eigenvalue weighted by molar-refractivity contribution is 5.50. The number of rotatable bonds is 5. The van der Waals surface area contributed by atoms with Crippen molar-refractivity contribution >= 4 is 5.82 Å². The van der Waals surface area contributed by atoms with Crippen LogP contribution >= 0.6 is 0 Å². The molecule has 3 nitrogen and oxygen atoms in total. The van der Waals surface area contributed by atoms with Gasteiger partial charge in [-0.15, -0.1) is 0 Å². The molecule has 1 saturated carbocycles. The highest BCUT2D eigenvalue weighted by Crippen LogP contribution is 2.33. The molecule has 106 valence electrons. The lowest BCUT2D eigenvalue weighted by Gasteiger charge is -2.35. The minimum atomic E-state index is 0.516. The van der Waals surface area contributed by atoms with Gasteiger partial charge in [-0.25, -0.2) is 4.98 Å². The van der Waals surface area contributed by atoms with Gasteiger partial charge in [-0.2, -0.15) is 0 Å². The van der Waals surface area contributed by atoms with Gasteiger partial charge >= 0.3 is 0 Å². The maximum atomic E-state index is 5.76. The van der Waals surface area contributed by atoms with E-state index in [9.17, 15) is 0 Å². The zero-order valence-electron chi connectivity index (χ0n) is 12.4. The van der Waals surface area contributed by atoms with Gasteiger partial charge in [-0.1, -0.05) is 33.6 Å². The first-order chi connectivity index (χ1) is 9.22. The van der Waals surface area contributed by atoms with E-state index in [1.165, 1.54) is 19.3 Å². The van der Waals surface area contributed by atoms with Gasteiger partial charge in [-0.05, 0) is 36.8 Å². The summed E-state index contributed by atoms with van der Waals surface area (Å²) in [5.74, 6) is 3.27. The summed E-state index contributed by atoms with van der Waals surface area (Å²) in [6.07, 6.45) is 6.74. The smallest absolute Gasteiger partial charge is 0.168 e. The maximum Gasteiger partial charge on any atom is 0.168 e. The Labute approximate surface area is 116 Å². The fourth-order valence-electron chi connectivity index (χ4n) is 2.79.